The number of primary sulfonamides is 1. The van der Waals surface area contributed by atoms with E-state index in [1.807, 2.05) is 20.8 Å². The smallest absolute Gasteiger partial charge is 0.257 e. The number of carboxylic acid groups (broad SMARTS) is 1. The summed E-state index contributed by atoms with van der Waals surface area (Å²) in [6.07, 6.45) is 0.694. The lowest BCUT2D eigenvalue weighted by Gasteiger charge is -2.51. The minimum atomic E-state index is -3.72. The van der Waals surface area contributed by atoms with Crippen LogP contribution in [-0.4, -0.2) is 50.1 Å². The van der Waals surface area contributed by atoms with Crippen LogP contribution in [0.2, 0.25) is 0 Å². The summed E-state index contributed by atoms with van der Waals surface area (Å²) in [6.45, 7) is 6.63. The lowest BCUT2D eigenvalue weighted by Crippen LogP contribution is -2.71. The number of amides is 2. The molecule has 156 valence electrons. The number of carbonyl (C=O) groups excluding carboxylic acids is 2. The summed E-state index contributed by atoms with van der Waals surface area (Å²) in [5.74, 6) is -0.538. The van der Waals surface area contributed by atoms with E-state index in [9.17, 15) is 23.1 Å². The van der Waals surface area contributed by atoms with E-state index in [1.165, 1.54) is 12.1 Å². The zero-order chi connectivity index (χ0) is 21.2. The summed E-state index contributed by atoms with van der Waals surface area (Å²) in [4.78, 5) is 24.5. The van der Waals surface area contributed by atoms with Gasteiger partial charge in [0.25, 0.3) is 6.09 Å². The van der Waals surface area contributed by atoms with Crippen LogP contribution in [0.5, 0.6) is 0 Å². The number of nitrogens with one attached hydrogen (secondary N) is 1. The number of nitrogens with two attached hydrogens (primary N) is 1. The van der Waals surface area contributed by atoms with E-state index in [2.05, 4.69) is 5.32 Å². The third-order valence-corrected chi connectivity index (χ3v) is 6.52. The molecule has 2 unspecified atom stereocenters. The van der Waals surface area contributed by atoms with Gasteiger partial charge >= 0.3 is 0 Å². The zero-order valence-electron chi connectivity index (χ0n) is 16.6. The molecule has 0 aromatic heterocycles. The van der Waals surface area contributed by atoms with Crippen LogP contribution in [0.15, 0.2) is 29.2 Å². The number of carbonyl (C=O) groups is 2. The first kappa shape index (κ1) is 22.3. The van der Waals surface area contributed by atoms with Gasteiger partial charge in [-0.15, -0.1) is 0 Å². The van der Waals surface area contributed by atoms with Crippen LogP contribution in [0, 0.1) is 5.92 Å². The molecule has 9 heteroatoms. The molecule has 1 heterocycles. The summed E-state index contributed by atoms with van der Waals surface area (Å²) in [5.41, 5.74) is 0.314. The van der Waals surface area contributed by atoms with Gasteiger partial charge in [-0.3, -0.25) is 9.28 Å². The first-order chi connectivity index (χ1) is 12.9. The number of piperidine rings is 1. The maximum absolute atomic E-state index is 12.6. The lowest BCUT2D eigenvalue weighted by molar-refractivity contribution is -0.925. The van der Waals surface area contributed by atoms with Crippen molar-refractivity contribution in [3.8, 4) is 0 Å². The molecule has 0 bridgehead atoms. The van der Waals surface area contributed by atoms with Crippen molar-refractivity contribution < 1.29 is 27.6 Å². The van der Waals surface area contributed by atoms with Crippen molar-refractivity contribution in [1.29, 1.82) is 0 Å². The van der Waals surface area contributed by atoms with Crippen molar-refractivity contribution in [1.82, 2.24) is 5.32 Å². The van der Waals surface area contributed by atoms with Crippen molar-refractivity contribution in [2.75, 3.05) is 19.6 Å². The molecular formula is C19H29N3O5S. The van der Waals surface area contributed by atoms with E-state index in [1.54, 1.807) is 12.1 Å². The molecule has 1 saturated heterocycles. The highest BCUT2D eigenvalue weighted by Crippen LogP contribution is 2.32. The lowest BCUT2D eigenvalue weighted by atomic mass is 9.89. The van der Waals surface area contributed by atoms with Gasteiger partial charge in [-0.25, -0.2) is 13.6 Å². The fourth-order valence-corrected chi connectivity index (χ4v) is 4.26. The quantitative estimate of drug-likeness (QED) is 0.676. The largest absolute Gasteiger partial charge is 0.498 e. The molecule has 1 aromatic rings. The van der Waals surface area contributed by atoms with Gasteiger partial charge in [-0.1, -0.05) is 12.1 Å². The van der Waals surface area contributed by atoms with Gasteiger partial charge in [0.05, 0.1) is 29.4 Å². The summed E-state index contributed by atoms with van der Waals surface area (Å²) < 4.78 is 22.3. The molecule has 0 spiro atoms. The second-order valence-electron chi connectivity index (χ2n) is 8.38. The standard InChI is InChI=1S/C19H29N3O5S/c1-19(2,3)22(18(24)25)12-4-5-15(13-22)17(23)21-11-10-14-6-8-16(9-7-14)28(20,26)27/h6-9,15H,4-5,10-13H2,1-3H3,(H3-,20,21,23,24,25,26,27). The Hall–Kier alpha value is -1.97. The molecule has 1 fully saturated rings. The van der Waals surface area contributed by atoms with E-state index in [0.29, 0.717) is 32.4 Å². The molecule has 3 N–H and O–H groups in total. The number of quaternary nitrogens is 1. The maximum Gasteiger partial charge on any atom is 0.257 e. The van der Waals surface area contributed by atoms with Gasteiger partial charge in [-0.05, 0) is 57.7 Å². The van der Waals surface area contributed by atoms with Crippen molar-refractivity contribution in [3.05, 3.63) is 29.8 Å². The molecule has 2 amide bonds. The highest BCUT2D eigenvalue weighted by molar-refractivity contribution is 7.89. The molecule has 8 nitrogen and oxygen atoms in total. The monoisotopic (exact) mass is 411 g/mol. The summed E-state index contributed by atoms with van der Waals surface area (Å²) in [5, 5.41) is 19.8. The Bertz CT molecular complexity index is 830. The Balaban J connectivity index is 1.95. The topological polar surface area (TPSA) is 129 Å². The summed E-state index contributed by atoms with van der Waals surface area (Å²) in [6, 6.07) is 6.18. The highest BCUT2D eigenvalue weighted by atomic mass is 32.2. The molecule has 2 rings (SSSR count). The van der Waals surface area contributed by atoms with Crippen LogP contribution < -0.4 is 15.6 Å². The van der Waals surface area contributed by atoms with Gasteiger partial charge in [0.1, 0.15) is 0 Å². The number of nitrogens with zero attached hydrogens (tertiary/aromatic N) is 1. The second kappa shape index (κ2) is 8.18. The summed E-state index contributed by atoms with van der Waals surface area (Å²) >= 11 is 0. The third kappa shape index (κ3) is 4.89. The Morgan fingerprint density at radius 3 is 2.36 bits per heavy atom. The number of sulfonamides is 1. The van der Waals surface area contributed by atoms with Crippen LogP contribution in [0.25, 0.3) is 0 Å². The van der Waals surface area contributed by atoms with Crippen molar-refractivity contribution >= 4 is 22.0 Å². The molecule has 1 aliphatic rings. The Morgan fingerprint density at radius 1 is 1.25 bits per heavy atom. The van der Waals surface area contributed by atoms with Gasteiger partial charge in [-0.2, -0.15) is 0 Å². The maximum atomic E-state index is 12.6. The minimum Gasteiger partial charge on any atom is -0.498 e. The number of hydrogen-bond donors (Lipinski definition) is 2. The van der Waals surface area contributed by atoms with Crippen LogP contribution in [0.4, 0.5) is 4.79 Å². The van der Waals surface area contributed by atoms with Gasteiger partial charge in [0, 0.05) is 6.54 Å². The fourth-order valence-electron chi connectivity index (χ4n) is 3.75. The molecule has 1 aromatic carbocycles. The van der Waals surface area contributed by atoms with E-state index in [0.717, 1.165) is 5.56 Å². The minimum absolute atomic E-state index is 0.0426. The van der Waals surface area contributed by atoms with Crippen molar-refractivity contribution in [2.24, 2.45) is 11.1 Å². The Labute approximate surface area is 166 Å². The molecule has 28 heavy (non-hydrogen) atoms. The number of rotatable bonds is 5. The van der Waals surface area contributed by atoms with Gasteiger partial charge in [0.2, 0.25) is 15.9 Å². The molecule has 1 aliphatic heterocycles. The number of likely N-dealkylation sites (tertiary alicyclic amines) is 1. The van der Waals surface area contributed by atoms with Crippen molar-refractivity contribution in [2.45, 2.75) is 50.5 Å². The van der Waals surface area contributed by atoms with Crippen LogP contribution >= 0.6 is 0 Å². The number of hydrogen-bond acceptors (Lipinski definition) is 5. The van der Waals surface area contributed by atoms with Crippen LogP contribution in [0.1, 0.15) is 39.2 Å². The van der Waals surface area contributed by atoms with Crippen molar-refractivity contribution in [3.63, 3.8) is 0 Å². The number of benzene rings is 1. The SMILES string of the molecule is CC(C)(C)[N+]1(C(=O)[O-])CCCC(C(=O)NCCc2ccc(S(N)(=O)=O)cc2)C1. The van der Waals surface area contributed by atoms with Gasteiger partial charge in [0.15, 0.2) is 0 Å². The zero-order valence-corrected chi connectivity index (χ0v) is 17.4. The van der Waals surface area contributed by atoms with Crippen LogP contribution in [0.3, 0.4) is 0 Å². The highest BCUT2D eigenvalue weighted by Gasteiger charge is 2.47. The van der Waals surface area contributed by atoms with E-state index in [4.69, 9.17) is 5.14 Å². The normalized spacial score (nSPS) is 23.2. The molecule has 2 atom stereocenters. The Morgan fingerprint density at radius 2 is 1.86 bits per heavy atom. The van der Waals surface area contributed by atoms with Crippen LogP contribution in [-0.2, 0) is 21.2 Å². The second-order valence-corrected chi connectivity index (χ2v) is 9.94. The fraction of sp³-hybridized carbons (Fsp3) is 0.579. The molecule has 0 aliphatic carbocycles. The molecular weight excluding hydrogens is 382 g/mol. The van der Waals surface area contributed by atoms with Gasteiger partial charge < -0.3 is 15.2 Å². The van der Waals surface area contributed by atoms with E-state index in [-0.39, 0.29) is 27.7 Å². The molecule has 0 radical (unpaired) electrons. The average molecular weight is 412 g/mol. The summed E-state index contributed by atoms with van der Waals surface area (Å²) in [7, 11) is -3.72. The first-order valence-electron chi connectivity index (χ1n) is 9.35. The van der Waals surface area contributed by atoms with E-state index < -0.39 is 21.7 Å². The molecule has 0 saturated carbocycles. The Kier molecular flexibility index (Phi) is 6.52. The average Bonchev–Trinajstić information content (AvgIpc) is 2.60. The first-order valence-corrected chi connectivity index (χ1v) is 10.9. The van der Waals surface area contributed by atoms with E-state index >= 15 is 0 Å². The predicted octanol–water partition coefficient (Wildman–Crippen LogP) is 0.361. The third-order valence-electron chi connectivity index (χ3n) is 5.59. The predicted molar refractivity (Wildman–Crippen MR) is 102 cm³/mol.